The van der Waals surface area contributed by atoms with E-state index in [0.29, 0.717) is 21.9 Å². The van der Waals surface area contributed by atoms with Crippen molar-refractivity contribution in [2.45, 2.75) is 28.2 Å². The van der Waals surface area contributed by atoms with E-state index >= 15 is 0 Å². The number of aromatic nitrogens is 4. The summed E-state index contributed by atoms with van der Waals surface area (Å²) in [7, 11) is -4.18. The van der Waals surface area contributed by atoms with E-state index in [4.69, 9.17) is 4.74 Å². The molecule has 1 aromatic heterocycles. The molecule has 1 fully saturated rings. The topological polar surface area (TPSA) is 136 Å². The summed E-state index contributed by atoms with van der Waals surface area (Å²) in [4.78, 5) is 27.9. The number of nitrogens with zero attached hydrogens (tertiary/aromatic N) is 5. The predicted octanol–water partition coefficient (Wildman–Crippen LogP) is 2.61. The lowest BCUT2D eigenvalue weighted by Gasteiger charge is -2.49. The number of esters is 1. The van der Waals surface area contributed by atoms with E-state index in [2.05, 4.69) is 15.5 Å². The van der Waals surface area contributed by atoms with E-state index in [1.54, 1.807) is 67.7 Å². The highest BCUT2D eigenvalue weighted by molar-refractivity contribution is 8.01. The number of benzene rings is 2. The predicted molar refractivity (Wildman–Crippen MR) is 142 cm³/mol. The third-order valence-corrected chi connectivity index (χ3v) is 9.82. The van der Waals surface area contributed by atoms with E-state index in [0.717, 1.165) is 16.7 Å². The highest BCUT2D eigenvalue weighted by Crippen LogP contribution is 2.43. The van der Waals surface area contributed by atoms with E-state index in [1.807, 2.05) is 0 Å². The quantitative estimate of drug-likeness (QED) is 0.215. The molecule has 41 heavy (non-hydrogen) atoms. The van der Waals surface area contributed by atoms with Crippen molar-refractivity contribution in [3.8, 4) is 0 Å². The first-order valence-corrected chi connectivity index (χ1v) is 15.4. The second-order valence-electron chi connectivity index (χ2n) is 8.89. The zero-order valence-electron chi connectivity index (χ0n) is 21.1. The molecule has 5 rings (SSSR count). The number of rotatable bonds is 9. The van der Waals surface area contributed by atoms with Crippen LogP contribution in [0.15, 0.2) is 77.1 Å². The number of aryl methyl sites for hydroxylation is 1. The number of halogens is 3. The number of tetrazole rings is 1. The number of hydrogen-bond acceptors (Lipinski definition) is 10. The molecule has 11 nitrogen and oxygen atoms in total. The number of hydrogen-bond donors (Lipinski definition) is 1. The number of alkyl halides is 3. The van der Waals surface area contributed by atoms with E-state index in [1.165, 1.54) is 21.2 Å². The summed E-state index contributed by atoms with van der Waals surface area (Å²) in [6.07, 6.45) is -0.863. The van der Waals surface area contributed by atoms with Crippen LogP contribution < -0.4 is 4.72 Å². The molecule has 0 spiro atoms. The monoisotopic (exact) mass is 626 g/mol. The number of ether oxygens (including phenoxy) is 1. The van der Waals surface area contributed by atoms with Gasteiger partial charge in [-0.25, -0.2) is 17.9 Å². The Morgan fingerprint density at radius 3 is 2.29 bits per heavy atom. The molecule has 1 saturated heterocycles. The van der Waals surface area contributed by atoms with Gasteiger partial charge in [-0.05, 0) is 27.1 Å². The first kappa shape index (κ1) is 29.1. The van der Waals surface area contributed by atoms with Gasteiger partial charge in [-0.1, -0.05) is 72.4 Å². The second kappa shape index (κ2) is 11.5. The largest absolute Gasteiger partial charge is 0.511 e. The first-order valence-electron chi connectivity index (χ1n) is 11.9. The Morgan fingerprint density at radius 2 is 1.76 bits per heavy atom. The van der Waals surface area contributed by atoms with Gasteiger partial charge < -0.3 is 4.74 Å². The minimum absolute atomic E-state index is 0.114. The summed E-state index contributed by atoms with van der Waals surface area (Å²) in [5.41, 5.74) is -3.99. The zero-order chi connectivity index (χ0) is 29.4. The molecule has 2 aliphatic rings. The maximum absolute atomic E-state index is 13.8. The number of sulfonamides is 1. The van der Waals surface area contributed by atoms with Crippen molar-refractivity contribution in [2.75, 3.05) is 11.5 Å². The Hall–Kier alpha value is -3.41. The fraction of sp³-hybridized carbons (Fsp3) is 0.292. The molecule has 2 atom stereocenters. The molecule has 0 radical (unpaired) electrons. The Kier molecular flexibility index (Phi) is 8.13. The van der Waals surface area contributed by atoms with Gasteiger partial charge in [0.25, 0.3) is 0 Å². The minimum Gasteiger partial charge on any atom is -0.448 e. The Balaban J connectivity index is 1.48. The maximum Gasteiger partial charge on any atom is 0.511 e. The maximum atomic E-state index is 13.8. The van der Waals surface area contributed by atoms with Crippen LogP contribution in [-0.2, 0) is 31.4 Å². The van der Waals surface area contributed by atoms with E-state index in [9.17, 15) is 31.2 Å². The lowest BCUT2D eigenvalue weighted by molar-refractivity contribution is -0.153. The summed E-state index contributed by atoms with van der Waals surface area (Å²) in [6, 6.07) is 16.1. The van der Waals surface area contributed by atoms with Crippen LogP contribution in [0.4, 0.5) is 13.2 Å². The summed E-state index contributed by atoms with van der Waals surface area (Å²) in [5.74, 6) is -1.61. The molecule has 3 aromatic rings. The summed E-state index contributed by atoms with van der Waals surface area (Å²) in [5, 5.41) is 10.6. The van der Waals surface area contributed by atoms with Crippen molar-refractivity contribution in [1.82, 2.24) is 29.8 Å². The van der Waals surface area contributed by atoms with Gasteiger partial charge in [0, 0.05) is 18.6 Å². The molecule has 0 aliphatic carbocycles. The number of carbonyl (C=O) groups is 2. The Bertz CT molecular complexity index is 1550. The third kappa shape index (κ3) is 5.84. The molecule has 3 heterocycles. The first-order chi connectivity index (χ1) is 19.5. The highest BCUT2D eigenvalue weighted by Gasteiger charge is 2.58. The van der Waals surface area contributed by atoms with Crippen LogP contribution in [0.1, 0.15) is 17.2 Å². The molecule has 1 amide bonds. The van der Waals surface area contributed by atoms with Gasteiger partial charge in [-0.15, -0.1) is 16.9 Å². The number of fused-ring (bicyclic) bond motifs is 1. The minimum atomic E-state index is -5.80. The van der Waals surface area contributed by atoms with Crippen LogP contribution in [0.5, 0.6) is 0 Å². The highest BCUT2D eigenvalue weighted by atomic mass is 32.2. The molecule has 0 bridgehead atoms. The van der Waals surface area contributed by atoms with Gasteiger partial charge in [0.15, 0.2) is 6.10 Å². The molecule has 0 saturated carbocycles. The number of nitrogens with one attached hydrogen (secondary N) is 1. The lowest BCUT2D eigenvalue weighted by Crippen LogP contribution is -2.71. The summed E-state index contributed by atoms with van der Waals surface area (Å²) < 4.78 is 71.4. The molecule has 1 unspecified atom stereocenters. The van der Waals surface area contributed by atoms with Gasteiger partial charge >= 0.3 is 21.5 Å². The second-order valence-corrected chi connectivity index (χ2v) is 12.6. The molecule has 2 aromatic carbocycles. The molecular weight excluding hydrogens is 605 g/mol. The van der Waals surface area contributed by atoms with Crippen LogP contribution in [-0.4, -0.2) is 73.8 Å². The van der Waals surface area contributed by atoms with Crippen molar-refractivity contribution in [1.29, 1.82) is 0 Å². The Labute approximate surface area is 240 Å². The third-order valence-electron chi connectivity index (χ3n) is 6.21. The summed E-state index contributed by atoms with van der Waals surface area (Å²) >= 11 is 2.22. The SMILES string of the molecule is Cn1nnnc1SCC1=C(C(=O)OC(c2ccccc2)c2ccccc2)N2C(=O)C(NS(=O)(=O)C(F)(F)F)[C@H]2SC1. The van der Waals surface area contributed by atoms with Crippen molar-refractivity contribution in [3.63, 3.8) is 0 Å². The average Bonchev–Trinajstić information content (AvgIpc) is 3.37. The zero-order valence-corrected chi connectivity index (χ0v) is 23.5. The number of carbonyl (C=O) groups excluding carboxylic acids is 2. The molecule has 1 N–H and O–H groups in total. The standard InChI is InChI=1S/C24H21F3N6O5S3/c1-32-23(28-30-31-32)40-13-16-12-39-21-17(29-41(36,37)24(25,26)27)20(34)33(21)18(16)22(35)38-19(14-8-4-2-5-9-14)15-10-6-3-7-11-15/h2-11,17,19,21,29H,12-13H2,1H3/t17?,21-/m1/s1. The lowest BCUT2D eigenvalue weighted by atomic mass is 10.0. The molecular formula is C24H21F3N6O5S3. The summed E-state index contributed by atoms with van der Waals surface area (Å²) in [6.45, 7) is 0. The van der Waals surface area contributed by atoms with E-state index in [-0.39, 0.29) is 17.2 Å². The fourth-order valence-corrected chi connectivity index (χ4v) is 7.35. The number of thioether (sulfide) groups is 2. The van der Waals surface area contributed by atoms with Gasteiger partial charge in [0.05, 0.1) is 0 Å². The number of amides is 1. The van der Waals surface area contributed by atoms with Crippen molar-refractivity contribution >= 4 is 45.4 Å². The van der Waals surface area contributed by atoms with Gasteiger partial charge in [0.2, 0.25) is 11.1 Å². The van der Waals surface area contributed by atoms with Crippen molar-refractivity contribution < 1.29 is 35.9 Å². The van der Waals surface area contributed by atoms with Crippen LogP contribution in [0, 0.1) is 0 Å². The van der Waals surface area contributed by atoms with Crippen molar-refractivity contribution in [3.05, 3.63) is 83.1 Å². The molecule has 17 heteroatoms. The molecule has 2 aliphatic heterocycles. The van der Waals surface area contributed by atoms with Gasteiger partial charge in [0.1, 0.15) is 17.1 Å². The Morgan fingerprint density at radius 1 is 1.15 bits per heavy atom. The van der Waals surface area contributed by atoms with Gasteiger partial charge in [-0.3, -0.25) is 9.69 Å². The molecule has 216 valence electrons. The fourth-order valence-electron chi connectivity index (χ4n) is 4.23. The van der Waals surface area contributed by atoms with Crippen LogP contribution in [0.2, 0.25) is 0 Å². The smallest absolute Gasteiger partial charge is 0.448 e. The van der Waals surface area contributed by atoms with Gasteiger partial charge in [-0.2, -0.15) is 17.9 Å². The van der Waals surface area contributed by atoms with Crippen LogP contribution >= 0.6 is 23.5 Å². The van der Waals surface area contributed by atoms with Crippen LogP contribution in [0.3, 0.4) is 0 Å². The van der Waals surface area contributed by atoms with Crippen molar-refractivity contribution in [2.24, 2.45) is 7.05 Å². The average molecular weight is 627 g/mol. The van der Waals surface area contributed by atoms with E-state index < -0.39 is 44.9 Å². The normalized spacial score (nSPS) is 19.2. The number of β-lactam (4-membered cyclic amide) rings is 1. The van der Waals surface area contributed by atoms with Crippen LogP contribution in [0.25, 0.3) is 0 Å².